The van der Waals surface area contributed by atoms with Gasteiger partial charge in [0.1, 0.15) is 0 Å². The van der Waals surface area contributed by atoms with E-state index in [0.29, 0.717) is 18.7 Å². The minimum atomic E-state index is -0.0627. The van der Waals surface area contributed by atoms with Crippen LogP contribution in [0.2, 0.25) is 0 Å². The topological polar surface area (TPSA) is 52.7 Å². The summed E-state index contributed by atoms with van der Waals surface area (Å²) in [4.78, 5) is 28.1. The zero-order chi connectivity index (χ0) is 19.9. The number of hydrogen-bond acceptors (Lipinski definition) is 3. The third-order valence-corrected chi connectivity index (χ3v) is 5.18. The molecule has 1 aliphatic rings. The lowest BCUT2D eigenvalue weighted by Gasteiger charge is -2.31. The second-order valence-electron chi connectivity index (χ2n) is 7.44. The highest BCUT2D eigenvalue weighted by Crippen LogP contribution is 2.25. The number of nitrogens with zero attached hydrogens (tertiary/aromatic N) is 2. The molecule has 0 unspecified atom stereocenters. The summed E-state index contributed by atoms with van der Waals surface area (Å²) >= 11 is 0. The molecular weight excluding hydrogens is 350 g/mol. The Labute approximate surface area is 167 Å². The number of anilines is 1. The Hall–Kier alpha value is -2.82. The summed E-state index contributed by atoms with van der Waals surface area (Å²) in [6.45, 7) is 4.73. The maximum absolute atomic E-state index is 12.9. The lowest BCUT2D eigenvalue weighted by Crippen LogP contribution is -2.32. The number of carbonyl (C=O) groups excluding carboxylic acids is 2. The molecule has 28 heavy (non-hydrogen) atoms. The van der Waals surface area contributed by atoms with Crippen LogP contribution in [0, 0.1) is 0 Å². The van der Waals surface area contributed by atoms with Crippen molar-refractivity contribution in [3.05, 3.63) is 65.2 Å². The molecule has 0 aromatic heterocycles. The Kier molecular flexibility index (Phi) is 6.69. The molecule has 1 aliphatic heterocycles. The third-order valence-electron chi connectivity index (χ3n) is 5.18. The molecule has 0 radical (unpaired) electrons. The van der Waals surface area contributed by atoms with Crippen LogP contribution in [0.3, 0.4) is 0 Å². The van der Waals surface area contributed by atoms with Crippen LogP contribution in [0.4, 0.5) is 5.69 Å². The van der Waals surface area contributed by atoms with E-state index in [4.69, 9.17) is 0 Å². The van der Waals surface area contributed by atoms with E-state index in [1.165, 1.54) is 37.4 Å². The number of amides is 2. The van der Waals surface area contributed by atoms with E-state index in [1.807, 2.05) is 37.4 Å². The van der Waals surface area contributed by atoms with Crippen LogP contribution in [0.15, 0.2) is 48.5 Å². The van der Waals surface area contributed by atoms with Crippen LogP contribution in [0.1, 0.15) is 47.7 Å². The van der Waals surface area contributed by atoms with Crippen LogP contribution in [0.25, 0.3) is 0 Å². The fraction of sp³-hybridized carbons (Fsp3) is 0.391. The molecule has 3 rings (SSSR count). The molecule has 0 atom stereocenters. The first-order chi connectivity index (χ1) is 13.5. The lowest BCUT2D eigenvalue weighted by atomic mass is 10.1. The second kappa shape index (κ2) is 9.40. The number of benzene rings is 2. The molecule has 2 aromatic rings. The first-order valence-electron chi connectivity index (χ1n) is 9.96. The summed E-state index contributed by atoms with van der Waals surface area (Å²) in [5.74, 6) is -0.0632. The van der Waals surface area contributed by atoms with Crippen molar-refractivity contribution in [2.45, 2.75) is 39.3 Å². The third kappa shape index (κ3) is 5.12. The van der Waals surface area contributed by atoms with E-state index in [9.17, 15) is 9.59 Å². The van der Waals surface area contributed by atoms with Crippen molar-refractivity contribution < 1.29 is 9.59 Å². The molecule has 2 amide bonds. The first-order valence-corrected chi connectivity index (χ1v) is 9.96. The van der Waals surface area contributed by atoms with E-state index in [-0.39, 0.29) is 11.8 Å². The maximum Gasteiger partial charge on any atom is 0.253 e. The largest absolute Gasteiger partial charge is 0.371 e. The van der Waals surface area contributed by atoms with E-state index < -0.39 is 0 Å². The summed E-state index contributed by atoms with van der Waals surface area (Å²) in [7, 11) is 1.85. The highest BCUT2D eigenvalue weighted by Gasteiger charge is 2.17. The van der Waals surface area contributed by atoms with Gasteiger partial charge in [-0.25, -0.2) is 0 Å². The Balaban J connectivity index is 1.67. The van der Waals surface area contributed by atoms with E-state index in [0.717, 1.165) is 18.7 Å². The molecule has 2 aromatic carbocycles. The molecule has 0 spiro atoms. The average molecular weight is 380 g/mol. The zero-order valence-corrected chi connectivity index (χ0v) is 16.8. The second-order valence-corrected chi connectivity index (χ2v) is 7.44. The molecule has 1 heterocycles. The monoisotopic (exact) mass is 379 g/mol. The van der Waals surface area contributed by atoms with E-state index >= 15 is 0 Å². The van der Waals surface area contributed by atoms with Crippen molar-refractivity contribution in [1.82, 2.24) is 10.2 Å². The molecule has 148 valence electrons. The van der Waals surface area contributed by atoms with Gasteiger partial charge in [-0.2, -0.15) is 0 Å². The van der Waals surface area contributed by atoms with Crippen LogP contribution < -0.4 is 10.2 Å². The van der Waals surface area contributed by atoms with Crippen LogP contribution in [0.5, 0.6) is 0 Å². The normalized spacial score (nSPS) is 13.9. The van der Waals surface area contributed by atoms with E-state index in [2.05, 4.69) is 28.4 Å². The van der Waals surface area contributed by atoms with Gasteiger partial charge in [-0.1, -0.05) is 30.3 Å². The molecule has 0 bridgehead atoms. The minimum Gasteiger partial charge on any atom is -0.371 e. The molecular formula is C23H29N3O2. The maximum atomic E-state index is 12.9. The zero-order valence-electron chi connectivity index (χ0n) is 16.8. The Morgan fingerprint density at radius 2 is 1.68 bits per heavy atom. The molecule has 1 N–H and O–H groups in total. The van der Waals surface area contributed by atoms with Crippen molar-refractivity contribution in [2.24, 2.45) is 0 Å². The van der Waals surface area contributed by atoms with Crippen molar-refractivity contribution in [3.63, 3.8) is 0 Å². The van der Waals surface area contributed by atoms with E-state index in [1.54, 1.807) is 4.90 Å². The van der Waals surface area contributed by atoms with Gasteiger partial charge in [0.2, 0.25) is 5.91 Å². The fourth-order valence-electron chi connectivity index (χ4n) is 3.63. The number of nitrogens with one attached hydrogen (secondary N) is 1. The van der Waals surface area contributed by atoms with Crippen LogP contribution >= 0.6 is 0 Å². The number of para-hydroxylation sites is 1. The minimum absolute atomic E-state index is 0.000440. The lowest BCUT2D eigenvalue weighted by molar-refractivity contribution is -0.119. The number of hydrogen-bond donors (Lipinski definition) is 1. The molecule has 1 saturated heterocycles. The molecule has 0 aliphatic carbocycles. The van der Waals surface area contributed by atoms with Crippen molar-refractivity contribution in [3.8, 4) is 0 Å². The first kappa shape index (κ1) is 19.9. The van der Waals surface area contributed by atoms with Crippen molar-refractivity contribution >= 4 is 17.5 Å². The Bertz CT molecular complexity index is 811. The Morgan fingerprint density at radius 1 is 1.00 bits per heavy atom. The smallest absolute Gasteiger partial charge is 0.253 e. The predicted molar refractivity (Wildman–Crippen MR) is 112 cm³/mol. The van der Waals surface area contributed by atoms with Crippen LogP contribution in [-0.4, -0.2) is 36.9 Å². The summed E-state index contributed by atoms with van der Waals surface area (Å²) < 4.78 is 0. The fourth-order valence-corrected chi connectivity index (χ4v) is 3.63. The van der Waals surface area contributed by atoms with Crippen molar-refractivity contribution in [1.29, 1.82) is 0 Å². The molecule has 0 saturated carbocycles. The predicted octanol–water partition coefficient (Wildman–Crippen LogP) is 3.59. The van der Waals surface area contributed by atoms with Gasteiger partial charge in [0.15, 0.2) is 0 Å². The highest BCUT2D eigenvalue weighted by molar-refractivity contribution is 5.94. The molecule has 1 fully saturated rings. The van der Waals surface area contributed by atoms with Gasteiger partial charge in [0.05, 0.1) is 0 Å². The number of rotatable bonds is 6. The number of piperidine rings is 1. The Morgan fingerprint density at radius 3 is 2.36 bits per heavy atom. The summed E-state index contributed by atoms with van der Waals surface area (Å²) in [5.41, 5.74) is 4.06. The molecule has 5 nitrogen and oxygen atoms in total. The SMILES string of the molecule is CC(=O)NCc1ccc(C(=O)N(C)Cc2ccccc2N2CCCCC2)cc1. The van der Waals surface area contributed by atoms with Gasteiger partial charge in [-0.05, 0) is 48.6 Å². The van der Waals surface area contributed by atoms with Gasteiger partial charge in [-0.3, -0.25) is 9.59 Å². The van der Waals surface area contributed by atoms with Crippen LogP contribution in [-0.2, 0) is 17.9 Å². The molecule has 5 heteroatoms. The highest BCUT2D eigenvalue weighted by atomic mass is 16.2. The standard InChI is InChI=1S/C23H29N3O2/c1-18(27)24-16-19-10-12-20(13-11-19)23(28)25(2)17-21-8-4-5-9-22(21)26-14-6-3-7-15-26/h4-5,8-13H,3,6-7,14-17H2,1-2H3,(H,24,27). The summed E-state index contributed by atoms with van der Waals surface area (Å²) in [6, 6.07) is 15.8. The summed E-state index contributed by atoms with van der Waals surface area (Å²) in [6.07, 6.45) is 3.76. The van der Waals surface area contributed by atoms with Crippen molar-refractivity contribution in [2.75, 3.05) is 25.0 Å². The van der Waals surface area contributed by atoms with Gasteiger partial charge in [-0.15, -0.1) is 0 Å². The average Bonchev–Trinajstić information content (AvgIpc) is 2.73. The number of carbonyl (C=O) groups is 2. The quantitative estimate of drug-likeness (QED) is 0.835. The van der Waals surface area contributed by atoms with Gasteiger partial charge < -0.3 is 15.1 Å². The van der Waals surface area contributed by atoms with Gasteiger partial charge in [0, 0.05) is 51.4 Å². The summed E-state index contributed by atoms with van der Waals surface area (Å²) in [5, 5.41) is 2.76. The van der Waals surface area contributed by atoms with Gasteiger partial charge >= 0.3 is 0 Å². The van der Waals surface area contributed by atoms with Gasteiger partial charge in [0.25, 0.3) is 5.91 Å².